The molecular weight excluding hydrogens is 308 g/mol. The van der Waals surface area contributed by atoms with E-state index in [1.54, 1.807) is 0 Å². The predicted molar refractivity (Wildman–Crippen MR) is 113 cm³/mol. The van der Waals surface area contributed by atoms with Crippen LogP contribution < -0.4 is 0 Å². The third kappa shape index (κ3) is 11.7. The molecule has 0 saturated heterocycles. The molecule has 0 aliphatic rings. The summed E-state index contributed by atoms with van der Waals surface area (Å²) in [5, 5.41) is 0. The van der Waals surface area contributed by atoms with Gasteiger partial charge in [0.25, 0.3) is 0 Å². The van der Waals surface area contributed by atoms with E-state index in [1.165, 1.54) is 102 Å². The van der Waals surface area contributed by atoms with Crippen molar-refractivity contribution in [2.75, 3.05) is 0 Å². The Morgan fingerprint density at radius 2 is 1.00 bits per heavy atom. The lowest BCUT2D eigenvalue weighted by atomic mass is 10.0. The average molecular weight is 357 g/mol. The van der Waals surface area contributed by atoms with Gasteiger partial charge in [-0.15, -0.1) is 0 Å². The fourth-order valence-electron chi connectivity index (χ4n) is 3.80. The molecule has 0 aliphatic heterocycles. The molecule has 24 heavy (non-hydrogen) atoms. The van der Waals surface area contributed by atoms with Crippen LogP contribution in [0.2, 0.25) is 18.1 Å². The van der Waals surface area contributed by atoms with E-state index in [4.69, 9.17) is 4.43 Å². The van der Waals surface area contributed by atoms with E-state index in [0.29, 0.717) is 6.10 Å². The van der Waals surface area contributed by atoms with Gasteiger partial charge >= 0.3 is 0 Å². The van der Waals surface area contributed by atoms with Crippen LogP contribution in [0.1, 0.15) is 118 Å². The Balaban J connectivity index is 3.82. The van der Waals surface area contributed by atoms with Gasteiger partial charge in [0.05, 0.1) is 0 Å². The molecule has 2 heteroatoms. The molecule has 1 unspecified atom stereocenters. The lowest BCUT2D eigenvalue weighted by molar-refractivity contribution is 0.161. The maximum Gasteiger partial charge on any atom is 0.192 e. The number of hydrogen-bond donors (Lipinski definition) is 0. The summed E-state index contributed by atoms with van der Waals surface area (Å²) in [7, 11) is -1.42. The Morgan fingerprint density at radius 1 is 0.542 bits per heavy atom. The molecular formula is C22H48OSi. The van der Waals surface area contributed by atoms with Gasteiger partial charge in [-0.25, -0.2) is 0 Å². The minimum absolute atomic E-state index is 0.551. The van der Waals surface area contributed by atoms with Gasteiger partial charge in [0.1, 0.15) is 0 Å². The molecule has 0 bridgehead atoms. The van der Waals surface area contributed by atoms with Crippen molar-refractivity contribution in [3.05, 3.63) is 0 Å². The van der Waals surface area contributed by atoms with E-state index in [-0.39, 0.29) is 0 Å². The molecule has 0 rings (SSSR count). The first-order chi connectivity index (χ1) is 11.7. The normalized spacial score (nSPS) is 13.4. The largest absolute Gasteiger partial charge is 0.414 e. The molecule has 0 amide bonds. The second kappa shape index (κ2) is 16.6. The van der Waals surface area contributed by atoms with Crippen LogP contribution in [0.4, 0.5) is 0 Å². The van der Waals surface area contributed by atoms with Gasteiger partial charge in [-0.05, 0) is 31.0 Å². The molecule has 0 fully saturated rings. The topological polar surface area (TPSA) is 9.23 Å². The van der Waals surface area contributed by atoms with Gasteiger partial charge < -0.3 is 4.43 Å². The highest BCUT2D eigenvalue weighted by atomic mass is 28.4. The summed E-state index contributed by atoms with van der Waals surface area (Å²) in [5.41, 5.74) is 0. The molecule has 0 aliphatic carbocycles. The van der Waals surface area contributed by atoms with E-state index in [9.17, 15) is 0 Å². The lowest BCUT2D eigenvalue weighted by Crippen LogP contribution is -2.39. The van der Waals surface area contributed by atoms with Crippen molar-refractivity contribution >= 4 is 8.32 Å². The van der Waals surface area contributed by atoms with E-state index in [2.05, 4.69) is 34.6 Å². The number of unbranched alkanes of at least 4 members (excludes halogenated alkanes) is 9. The third-order valence-corrected chi connectivity index (χ3v) is 10.5. The molecule has 0 aromatic rings. The van der Waals surface area contributed by atoms with Crippen LogP contribution in [0.3, 0.4) is 0 Å². The molecule has 0 N–H and O–H groups in total. The number of hydrogen-bond acceptors (Lipinski definition) is 1. The summed E-state index contributed by atoms with van der Waals surface area (Å²) >= 11 is 0. The van der Waals surface area contributed by atoms with Crippen molar-refractivity contribution in [3.8, 4) is 0 Å². The van der Waals surface area contributed by atoms with Gasteiger partial charge in [-0.2, -0.15) is 0 Å². The second-order valence-corrected chi connectivity index (χ2v) is 12.5. The lowest BCUT2D eigenvalue weighted by Gasteiger charge is -2.33. The summed E-state index contributed by atoms with van der Waals surface area (Å²) < 4.78 is 6.75. The van der Waals surface area contributed by atoms with Crippen LogP contribution >= 0.6 is 0 Å². The third-order valence-electron chi connectivity index (χ3n) is 5.84. The smallest absolute Gasteiger partial charge is 0.192 e. The fraction of sp³-hybridized carbons (Fsp3) is 1.00. The van der Waals surface area contributed by atoms with E-state index < -0.39 is 8.32 Å². The summed E-state index contributed by atoms with van der Waals surface area (Å²) in [4.78, 5) is 0. The molecule has 1 atom stereocenters. The molecule has 0 radical (unpaired) electrons. The Hall–Kier alpha value is 0.177. The van der Waals surface area contributed by atoms with Gasteiger partial charge in [-0.1, -0.05) is 105 Å². The standard InChI is InChI=1S/C22H48OSi/c1-6-11-12-13-14-15-16-17-18-19-21-22(20-7-2)23-24(8-3,9-4)10-5/h22H,6-21H2,1-5H3. The Labute approximate surface area is 155 Å². The molecule has 0 aromatic carbocycles. The van der Waals surface area contributed by atoms with Gasteiger partial charge in [0.2, 0.25) is 0 Å². The zero-order valence-corrected chi connectivity index (χ0v) is 18.8. The van der Waals surface area contributed by atoms with Crippen LogP contribution in [0.25, 0.3) is 0 Å². The Bertz CT molecular complexity index is 242. The SMILES string of the molecule is CCCCCCCCCCCCC(CCC)O[Si](CC)(CC)CC. The Morgan fingerprint density at radius 3 is 1.42 bits per heavy atom. The highest BCUT2D eigenvalue weighted by Crippen LogP contribution is 2.27. The van der Waals surface area contributed by atoms with Crippen LogP contribution in [0.15, 0.2) is 0 Å². The van der Waals surface area contributed by atoms with Crippen molar-refractivity contribution in [3.63, 3.8) is 0 Å². The van der Waals surface area contributed by atoms with Crippen LogP contribution in [0.5, 0.6) is 0 Å². The summed E-state index contributed by atoms with van der Waals surface area (Å²) in [6, 6.07) is 3.87. The second-order valence-electron chi connectivity index (χ2n) is 7.74. The fourth-order valence-corrected chi connectivity index (χ4v) is 6.74. The first-order valence-corrected chi connectivity index (χ1v) is 13.9. The van der Waals surface area contributed by atoms with Crippen molar-refractivity contribution in [1.29, 1.82) is 0 Å². The average Bonchev–Trinajstić information content (AvgIpc) is 2.61. The maximum absolute atomic E-state index is 6.75. The molecule has 0 saturated carbocycles. The zero-order chi connectivity index (χ0) is 18.1. The van der Waals surface area contributed by atoms with Crippen molar-refractivity contribution < 1.29 is 4.43 Å². The Kier molecular flexibility index (Phi) is 16.8. The van der Waals surface area contributed by atoms with E-state index in [1.807, 2.05) is 0 Å². The summed E-state index contributed by atoms with van der Waals surface area (Å²) in [5.74, 6) is 0. The molecule has 1 nitrogen and oxygen atoms in total. The first-order valence-electron chi connectivity index (χ1n) is 11.4. The molecule has 0 heterocycles. The monoisotopic (exact) mass is 356 g/mol. The summed E-state index contributed by atoms with van der Waals surface area (Å²) in [6.45, 7) is 11.7. The molecule has 0 spiro atoms. The minimum Gasteiger partial charge on any atom is -0.414 e. The van der Waals surface area contributed by atoms with Crippen LogP contribution in [0, 0.1) is 0 Å². The van der Waals surface area contributed by atoms with Crippen molar-refractivity contribution in [2.24, 2.45) is 0 Å². The van der Waals surface area contributed by atoms with Gasteiger partial charge in [-0.3, -0.25) is 0 Å². The number of rotatable bonds is 18. The van der Waals surface area contributed by atoms with Crippen LogP contribution in [-0.2, 0) is 4.43 Å². The minimum atomic E-state index is -1.42. The molecule has 0 aromatic heterocycles. The van der Waals surface area contributed by atoms with Crippen molar-refractivity contribution in [2.45, 2.75) is 142 Å². The predicted octanol–water partition coefficient (Wildman–Crippen LogP) is 8.49. The van der Waals surface area contributed by atoms with E-state index in [0.717, 1.165) is 0 Å². The highest BCUT2D eigenvalue weighted by Gasteiger charge is 2.31. The zero-order valence-electron chi connectivity index (χ0n) is 17.8. The van der Waals surface area contributed by atoms with Crippen molar-refractivity contribution in [1.82, 2.24) is 0 Å². The van der Waals surface area contributed by atoms with Gasteiger partial charge in [0.15, 0.2) is 8.32 Å². The summed E-state index contributed by atoms with van der Waals surface area (Å²) in [6.07, 6.45) is 18.7. The molecule has 146 valence electrons. The van der Waals surface area contributed by atoms with E-state index >= 15 is 0 Å². The first kappa shape index (κ1) is 24.2. The van der Waals surface area contributed by atoms with Gasteiger partial charge in [0, 0.05) is 6.10 Å². The highest BCUT2D eigenvalue weighted by molar-refractivity contribution is 6.73. The van der Waals surface area contributed by atoms with Crippen LogP contribution in [-0.4, -0.2) is 14.4 Å². The quantitative estimate of drug-likeness (QED) is 0.177. The maximum atomic E-state index is 6.75.